The summed E-state index contributed by atoms with van der Waals surface area (Å²) < 4.78 is 10.7. The zero-order chi connectivity index (χ0) is 54.8. The number of ether oxygens (including phenoxy) is 2. The third-order valence-corrected chi connectivity index (χ3v) is 13.4. The van der Waals surface area contributed by atoms with E-state index in [1.807, 2.05) is 0 Å². The Morgan fingerprint density at radius 1 is 0.316 bits per heavy atom. The molecule has 0 spiro atoms. The van der Waals surface area contributed by atoms with E-state index in [0.717, 1.165) is 109 Å². The van der Waals surface area contributed by atoms with E-state index in [0.29, 0.717) is 12.8 Å². The molecule has 0 aromatic rings. The van der Waals surface area contributed by atoms with Crippen molar-refractivity contribution in [3.05, 3.63) is 134 Å². The molecule has 432 valence electrons. The number of esters is 2. The largest absolute Gasteiger partial charge is 0.462 e. The van der Waals surface area contributed by atoms with Gasteiger partial charge in [-0.1, -0.05) is 289 Å². The topological polar surface area (TPSA) is 72.8 Å². The Hall–Kier alpha value is -3.96. The van der Waals surface area contributed by atoms with Gasteiger partial charge in [0.15, 0.2) is 6.10 Å². The maximum absolute atomic E-state index is 12.3. The zero-order valence-electron chi connectivity index (χ0n) is 49.5. The van der Waals surface area contributed by atoms with Crippen LogP contribution in [0.15, 0.2) is 134 Å². The third-order valence-electron chi connectivity index (χ3n) is 13.4. The Labute approximate surface area is 470 Å². The quantitative estimate of drug-likeness (QED) is 0.0373. The summed E-state index contributed by atoms with van der Waals surface area (Å²) in [5.74, 6) is -0.604. The molecule has 1 atom stereocenters. The van der Waals surface area contributed by atoms with E-state index in [1.54, 1.807) is 0 Å². The van der Waals surface area contributed by atoms with Gasteiger partial charge in [-0.25, -0.2) is 0 Å². The molecule has 0 amide bonds. The van der Waals surface area contributed by atoms with Crippen LogP contribution in [0.25, 0.3) is 0 Å². The fourth-order valence-corrected chi connectivity index (χ4v) is 8.70. The molecule has 0 saturated carbocycles. The van der Waals surface area contributed by atoms with Gasteiger partial charge in [0.1, 0.15) is 6.61 Å². The number of hydrogen-bond donors (Lipinski definition) is 1. The molecule has 0 fully saturated rings. The van der Waals surface area contributed by atoms with Crippen molar-refractivity contribution in [3.8, 4) is 0 Å². The smallest absolute Gasteiger partial charge is 0.306 e. The van der Waals surface area contributed by atoms with Crippen LogP contribution >= 0.6 is 0 Å². The molecular weight excluding hydrogens is 933 g/mol. The normalized spacial score (nSPS) is 13.1. The number of aliphatic hydroxyl groups is 1. The Kier molecular flexibility index (Phi) is 61.9. The first-order chi connectivity index (χ1) is 37.6. The number of hydrogen-bond acceptors (Lipinski definition) is 5. The first-order valence-electron chi connectivity index (χ1n) is 31.7. The lowest BCUT2D eigenvalue weighted by Gasteiger charge is -2.15. The van der Waals surface area contributed by atoms with Gasteiger partial charge in [0, 0.05) is 12.8 Å². The summed E-state index contributed by atoms with van der Waals surface area (Å²) in [6.07, 6.45) is 97.3. The molecule has 0 rings (SSSR count). The molecule has 0 aromatic heterocycles. The third kappa shape index (κ3) is 62.6. The van der Waals surface area contributed by atoms with Crippen LogP contribution in [0.3, 0.4) is 0 Å². The highest BCUT2D eigenvalue weighted by Crippen LogP contribution is 2.16. The highest BCUT2D eigenvalue weighted by molar-refractivity contribution is 5.70. The van der Waals surface area contributed by atoms with Crippen LogP contribution in [0.5, 0.6) is 0 Å². The summed E-state index contributed by atoms with van der Waals surface area (Å²) in [6.45, 7) is 4.01. The minimum Gasteiger partial charge on any atom is -0.462 e. The van der Waals surface area contributed by atoms with Gasteiger partial charge >= 0.3 is 11.9 Å². The molecule has 5 nitrogen and oxygen atoms in total. The monoisotopic (exact) mass is 1050 g/mol. The summed E-state index contributed by atoms with van der Waals surface area (Å²) in [5.41, 5.74) is 0. The Bertz CT molecular complexity index is 1570. The number of aliphatic hydroxyl groups excluding tert-OH is 1. The van der Waals surface area contributed by atoms with Crippen LogP contribution in [0.1, 0.15) is 284 Å². The van der Waals surface area contributed by atoms with Crippen molar-refractivity contribution in [2.45, 2.75) is 290 Å². The van der Waals surface area contributed by atoms with Crippen molar-refractivity contribution >= 4 is 11.9 Å². The van der Waals surface area contributed by atoms with Gasteiger partial charge in [-0.2, -0.15) is 0 Å². The van der Waals surface area contributed by atoms with Crippen LogP contribution in [0, 0.1) is 0 Å². The summed E-state index contributed by atoms with van der Waals surface area (Å²) in [4.78, 5) is 24.6. The van der Waals surface area contributed by atoms with Crippen LogP contribution in [0.2, 0.25) is 0 Å². The van der Waals surface area contributed by atoms with Crippen LogP contribution in [-0.2, 0) is 19.1 Å². The standard InChI is InChI=1S/C71H118O5/c1-3-5-7-9-11-13-15-17-19-21-23-25-26-27-28-29-30-31-32-33-34-35-36-37-38-39-40-41-42-43-44-46-48-50-52-54-56-58-60-62-64-66-71(74)76-69(67-72)68-75-70(73)65-63-61-59-57-55-53-51-49-47-45-24-22-20-18-16-14-12-10-8-6-4-2/h5,7,11,13,16-19,22-25,27-28,30-31,33-34,36-37,47,49,69,72H,3-4,6,8-10,12,14-15,20-21,26,29,32,35,38-46,48,50-68H2,1-2H3/b7-5-,13-11-,18-16-,19-17-,24-22-,25-23-,28-27-,31-30-,34-33-,37-36-,49-47-. The van der Waals surface area contributed by atoms with Crippen molar-refractivity contribution in [1.82, 2.24) is 0 Å². The molecule has 0 aromatic carbocycles. The van der Waals surface area contributed by atoms with Gasteiger partial charge in [0.25, 0.3) is 0 Å². The second-order valence-electron chi connectivity index (χ2n) is 20.8. The summed E-state index contributed by atoms with van der Waals surface area (Å²) in [6, 6.07) is 0. The van der Waals surface area contributed by atoms with E-state index < -0.39 is 6.10 Å². The van der Waals surface area contributed by atoms with E-state index in [2.05, 4.69) is 148 Å². The summed E-state index contributed by atoms with van der Waals surface area (Å²) >= 11 is 0. The molecule has 0 saturated heterocycles. The summed E-state index contributed by atoms with van der Waals surface area (Å²) in [5, 5.41) is 9.67. The minimum atomic E-state index is -0.785. The minimum absolute atomic E-state index is 0.0769. The van der Waals surface area contributed by atoms with Crippen molar-refractivity contribution < 1.29 is 24.2 Å². The fourth-order valence-electron chi connectivity index (χ4n) is 8.70. The lowest BCUT2D eigenvalue weighted by atomic mass is 10.0. The van der Waals surface area contributed by atoms with Crippen molar-refractivity contribution in [2.24, 2.45) is 0 Å². The Morgan fingerprint density at radius 2 is 0.566 bits per heavy atom. The molecule has 0 aliphatic rings. The molecule has 0 bridgehead atoms. The van der Waals surface area contributed by atoms with E-state index in [9.17, 15) is 14.7 Å². The second-order valence-corrected chi connectivity index (χ2v) is 20.8. The van der Waals surface area contributed by atoms with Gasteiger partial charge in [0.05, 0.1) is 6.61 Å². The first kappa shape index (κ1) is 72.0. The SMILES string of the molecule is CC/C=C\C/C=C\C/C=C\C/C=C\C/C=C\C/C=C\C/C=C\C/C=C\CCCCCCCCCCCCCCCCCCC(=O)OC(CO)COC(=O)CCCCCCCC/C=C\C/C=C\C/C=C\CCCCCCC. The van der Waals surface area contributed by atoms with E-state index in [1.165, 1.54) is 148 Å². The Morgan fingerprint density at radius 3 is 0.855 bits per heavy atom. The van der Waals surface area contributed by atoms with E-state index >= 15 is 0 Å². The molecule has 1 N–H and O–H groups in total. The maximum Gasteiger partial charge on any atom is 0.306 e. The molecule has 0 heterocycles. The summed E-state index contributed by atoms with van der Waals surface area (Å²) in [7, 11) is 0. The van der Waals surface area contributed by atoms with Crippen LogP contribution in [-0.4, -0.2) is 36.4 Å². The average Bonchev–Trinajstić information content (AvgIpc) is 3.42. The van der Waals surface area contributed by atoms with E-state index in [-0.39, 0.29) is 25.2 Å². The zero-order valence-corrected chi connectivity index (χ0v) is 49.5. The molecule has 5 heteroatoms. The molecule has 0 aliphatic heterocycles. The highest BCUT2D eigenvalue weighted by atomic mass is 16.6. The highest BCUT2D eigenvalue weighted by Gasteiger charge is 2.16. The van der Waals surface area contributed by atoms with Crippen LogP contribution in [0.4, 0.5) is 0 Å². The number of allylic oxidation sites excluding steroid dienone is 22. The molecule has 0 aliphatic carbocycles. The number of unbranched alkanes of at least 4 members (excludes halogenated alkanes) is 27. The van der Waals surface area contributed by atoms with Crippen molar-refractivity contribution in [1.29, 1.82) is 0 Å². The lowest BCUT2D eigenvalue weighted by Crippen LogP contribution is -2.28. The predicted octanol–water partition coefficient (Wildman–Crippen LogP) is 22.0. The lowest BCUT2D eigenvalue weighted by molar-refractivity contribution is -0.161. The molecule has 1 unspecified atom stereocenters. The van der Waals surface area contributed by atoms with Gasteiger partial charge in [-0.3, -0.25) is 9.59 Å². The first-order valence-corrected chi connectivity index (χ1v) is 31.7. The number of rotatable bonds is 57. The van der Waals surface area contributed by atoms with Gasteiger partial charge in [-0.15, -0.1) is 0 Å². The van der Waals surface area contributed by atoms with Gasteiger partial charge in [0.2, 0.25) is 0 Å². The van der Waals surface area contributed by atoms with Crippen LogP contribution < -0.4 is 0 Å². The number of carbonyl (C=O) groups is 2. The van der Waals surface area contributed by atoms with E-state index in [4.69, 9.17) is 9.47 Å². The molecule has 76 heavy (non-hydrogen) atoms. The Balaban J connectivity index is 3.52. The van der Waals surface area contributed by atoms with Crippen molar-refractivity contribution in [2.75, 3.05) is 13.2 Å². The van der Waals surface area contributed by atoms with Gasteiger partial charge < -0.3 is 14.6 Å². The van der Waals surface area contributed by atoms with Crippen molar-refractivity contribution in [3.63, 3.8) is 0 Å². The second kappa shape index (κ2) is 65.3. The maximum atomic E-state index is 12.3. The predicted molar refractivity (Wildman–Crippen MR) is 334 cm³/mol. The average molecular weight is 1050 g/mol. The molecule has 0 radical (unpaired) electrons. The number of carbonyl (C=O) groups excluding carboxylic acids is 2. The fraction of sp³-hybridized carbons (Fsp3) is 0.662. The molecular formula is C71H118O5. The van der Waals surface area contributed by atoms with Gasteiger partial charge in [-0.05, 0) is 116 Å².